The van der Waals surface area contributed by atoms with Crippen LogP contribution in [-0.4, -0.2) is 23.5 Å². The van der Waals surface area contributed by atoms with Gasteiger partial charge in [0.2, 0.25) is 5.12 Å². The third-order valence-corrected chi connectivity index (χ3v) is 3.42. The summed E-state index contributed by atoms with van der Waals surface area (Å²) in [4.78, 5) is 11.7. The van der Waals surface area contributed by atoms with Crippen LogP contribution in [0.4, 0.5) is 0 Å². The zero-order chi connectivity index (χ0) is 11.0. The maximum atomic E-state index is 11.7. The van der Waals surface area contributed by atoms with Gasteiger partial charge in [0.25, 0.3) is 0 Å². The lowest BCUT2D eigenvalue weighted by atomic mass is 10.1. The van der Waals surface area contributed by atoms with Gasteiger partial charge in [0.05, 0.1) is 24.0 Å². The van der Waals surface area contributed by atoms with Crippen molar-refractivity contribution in [2.45, 2.75) is 0 Å². The molecule has 1 aromatic rings. The van der Waals surface area contributed by atoms with Gasteiger partial charge in [-0.1, -0.05) is 12.2 Å². The van der Waals surface area contributed by atoms with Crippen molar-refractivity contribution in [3.8, 4) is 11.5 Å². The number of carbonyl (C=O) groups excluding carboxylic acids is 1. The molecular weight excluding hydrogens is 232 g/mol. The summed E-state index contributed by atoms with van der Waals surface area (Å²) < 4.78 is 10.9. The molecule has 1 heterocycles. The van der Waals surface area contributed by atoms with E-state index in [1.54, 1.807) is 12.1 Å². The monoisotopic (exact) mass is 240 g/mol. The molecule has 0 atom stereocenters. The van der Waals surface area contributed by atoms with Gasteiger partial charge >= 0.3 is 0 Å². The number of hydrogen-bond acceptors (Lipinski definition) is 5. The standard InChI is InChI=1S/C10H8O3S2/c1-12-6-4-3-5-7(8(6)13-2)9(11)15-10(5)14/h3-4H,1-2H3. The number of ether oxygens (including phenoxy) is 2. The fraction of sp³-hybridized carbons (Fsp3) is 0.200. The SMILES string of the molecule is COc1ccc2c(c1OC)C(=O)SC2=S. The predicted molar refractivity (Wildman–Crippen MR) is 63.2 cm³/mol. The Morgan fingerprint density at radius 2 is 2.00 bits per heavy atom. The minimum atomic E-state index is -0.0780. The van der Waals surface area contributed by atoms with Gasteiger partial charge in [-0.25, -0.2) is 0 Å². The number of hydrogen-bond donors (Lipinski definition) is 0. The molecule has 15 heavy (non-hydrogen) atoms. The fourth-order valence-corrected chi connectivity index (χ4v) is 2.64. The normalized spacial score (nSPS) is 14.0. The van der Waals surface area contributed by atoms with E-state index in [2.05, 4.69) is 0 Å². The second-order valence-corrected chi connectivity index (χ2v) is 4.55. The first-order valence-electron chi connectivity index (χ1n) is 4.20. The Morgan fingerprint density at radius 3 is 2.60 bits per heavy atom. The molecule has 0 N–H and O–H groups in total. The highest BCUT2D eigenvalue weighted by Gasteiger charge is 2.30. The van der Waals surface area contributed by atoms with Crippen LogP contribution in [0.3, 0.4) is 0 Å². The molecule has 3 nitrogen and oxygen atoms in total. The first kappa shape index (κ1) is 10.4. The molecule has 0 aliphatic carbocycles. The van der Waals surface area contributed by atoms with E-state index < -0.39 is 0 Å². The Morgan fingerprint density at radius 1 is 1.27 bits per heavy atom. The first-order chi connectivity index (χ1) is 7.19. The molecule has 1 aromatic carbocycles. The molecule has 2 rings (SSSR count). The van der Waals surface area contributed by atoms with Crippen LogP contribution in [0.15, 0.2) is 12.1 Å². The summed E-state index contributed by atoms with van der Waals surface area (Å²) in [5.74, 6) is 1.02. The second-order valence-electron chi connectivity index (χ2n) is 2.90. The first-order valence-corrected chi connectivity index (χ1v) is 5.43. The van der Waals surface area contributed by atoms with Crippen molar-refractivity contribution in [1.29, 1.82) is 0 Å². The molecule has 0 saturated carbocycles. The van der Waals surface area contributed by atoms with Crippen molar-refractivity contribution in [2.75, 3.05) is 14.2 Å². The average molecular weight is 240 g/mol. The maximum absolute atomic E-state index is 11.7. The summed E-state index contributed by atoms with van der Waals surface area (Å²) in [6, 6.07) is 3.54. The summed E-state index contributed by atoms with van der Waals surface area (Å²) in [5.41, 5.74) is 1.28. The number of carbonyl (C=O) groups is 1. The molecule has 0 unspecified atom stereocenters. The van der Waals surface area contributed by atoms with Crippen LogP contribution >= 0.6 is 24.0 Å². The summed E-state index contributed by atoms with van der Waals surface area (Å²) in [6.45, 7) is 0. The van der Waals surface area contributed by atoms with Crippen molar-refractivity contribution in [1.82, 2.24) is 0 Å². The Balaban J connectivity index is 2.70. The summed E-state index contributed by atoms with van der Waals surface area (Å²) in [6.07, 6.45) is 0. The van der Waals surface area contributed by atoms with Gasteiger partial charge in [0.1, 0.15) is 0 Å². The molecule has 1 aliphatic heterocycles. The molecule has 0 bridgehead atoms. The lowest BCUT2D eigenvalue weighted by Gasteiger charge is -2.10. The quantitative estimate of drug-likeness (QED) is 0.741. The molecule has 5 heteroatoms. The Hall–Kier alpha value is -1.07. The molecule has 0 fully saturated rings. The summed E-state index contributed by atoms with van der Waals surface area (Å²) in [7, 11) is 3.05. The topological polar surface area (TPSA) is 35.5 Å². The van der Waals surface area contributed by atoms with Crippen LogP contribution in [0.2, 0.25) is 0 Å². The second kappa shape index (κ2) is 3.83. The van der Waals surface area contributed by atoms with Gasteiger partial charge in [0.15, 0.2) is 11.5 Å². The van der Waals surface area contributed by atoms with Crippen molar-refractivity contribution in [3.05, 3.63) is 23.3 Å². The zero-order valence-corrected chi connectivity index (χ0v) is 9.83. The Bertz CT molecular complexity index is 454. The molecular formula is C10H8O3S2. The molecule has 0 spiro atoms. The molecule has 1 aliphatic rings. The number of methoxy groups -OCH3 is 2. The smallest absolute Gasteiger partial charge is 0.229 e. The van der Waals surface area contributed by atoms with E-state index in [1.807, 2.05) is 0 Å². The highest BCUT2D eigenvalue weighted by atomic mass is 32.2. The average Bonchev–Trinajstić information content (AvgIpc) is 2.53. The van der Waals surface area contributed by atoms with Crippen molar-refractivity contribution >= 4 is 33.3 Å². The van der Waals surface area contributed by atoms with Crippen molar-refractivity contribution in [3.63, 3.8) is 0 Å². The number of thioether (sulfide) groups is 1. The molecule has 0 amide bonds. The van der Waals surface area contributed by atoms with E-state index in [0.29, 0.717) is 21.3 Å². The van der Waals surface area contributed by atoms with E-state index in [1.165, 1.54) is 14.2 Å². The van der Waals surface area contributed by atoms with Crippen LogP contribution in [0.5, 0.6) is 11.5 Å². The van der Waals surface area contributed by atoms with Gasteiger partial charge in [-0.3, -0.25) is 4.79 Å². The van der Waals surface area contributed by atoms with Crippen molar-refractivity contribution < 1.29 is 14.3 Å². The lowest BCUT2D eigenvalue weighted by molar-refractivity contribution is 0.108. The number of rotatable bonds is 2. The Kier molecular flexibility index (Phi) is 2.67. The van der Waals surface area contributed by atoms with E-state index in [0.717, 1.165) is 17.3 Å². The van der Waals surface area contributed by atoms with E-state index in [9.17, 15) is 4.79 Å². The third-order valence-electron chi connectivity index (χ3n) is 2.16. The molecule has 0 aromatic heterocycles. The number of fused-ring (bicyclic) bond motifs is 1. The van der Waals surface area contributed by atoms with Gasteiger partial charge in [-0.2, -0.15) is 0 Å². The Labute approximate surface area is 96.8 Å². The third kappa shape index (κ3) is 1.52. The molecule has 0 saturated heterocycles. The zero-order valence-electron chi connectivity index (χ0n) is 8.20. The van der Waals surface area contributed by atoms with Gasteiger partial charge in [0, 0.05) is 5.56 Å². The highest BCUT2D eigenvalue weighted by molar-refractivity contribution is 8.34. The van der Waals surface area contributed by atoms with Crippen LogP contribution < -0.4 is 9.47 Å². The van der Waals surface area contributed by atoms with Crippen LogP contribution in [-0.2, 0) is 0 Å². The lowest BCUT2D eigenvalue weighted by Crippen LogP contribution is -1.99. The van der Waals surface area contributed by atoms with Gasteiger partial charge in [-0.05, 0) is 23.9 Å². The number of thiocarbonyl (C=S) groups is 1. The van der Waals surface area contributed by atoms with Crippen LogP contribution in [0, 0.1) is 0 Å². The van der Waals surface area contributed by atoms with Crippen LogP contribution in [0.25, 0.3) is 0 Å². The maximum Gasteiger partial charge on any atom is 0.229 e. The minimum Gasteiger partial charge on any atom is -0.493 e. The minimum absolute atomic E-state index is 0.0780. The number of benzene rings is 1. The molecule has 0 radical (unpaired) electrons. The van der Waals surface area contributed by atoms with E-state index in [4.69, 9.17) is 21.7 Å². The van der Waals surface area contributed by atoms with Gasteiger partial charge < -0.3 is 9.47 Å². The predicted octanol–water partition coefficient (Wildman–Crippen LogP) is 2.27. The van der Waals surface area contributed by atoms with E-state index in [-0.39, 0.29) is 5.12 Å². The summed E-state index contributed by atoms with van der Waals surface area (Å²) >= 11 is 6.14. The largest absolute Gasteiger partial charge is 0.493 e. The molecule has 78 valence electrons. The van der Waals surface area contributed by atoms with E-state index >= 15 is 0 Å². The highest BCUT2D eigenvalue weighted by Crippen LogP contribution is 2.41. The van der Waals surface area contributed by atoms with Crippen molar-refractivity contribution in [2.24, 2.45) is 0 Å². The fourth-order valence-electron chi connectivity index (χ4n) is 1.49. The van der Waals surface area contributed by atoms with Crippen LogP contribution in [0.1, 0.15) is 15.9 Å². The van der Waals surface area contributed by atoms with Gasteiger partial charge in [-0.15, -0.1) is 0 Å². The summed E-state index contributed by atoms with van der Waals surface area (Å²) in [5, 5.41) is -0.0780.